The van der Waals surface area contributed by atoms with Crippen LogP contribution in [0.4, 0.5) is 0 Å². The Morgan fingerprint density at radius 3 is 2.41 bits per heavy atom. The van der Waals surface area contributed by atoms with Crippen LogP contribution in [0.1, 0.15) is 23.0 Å². The highest BCUT2D eigenvalue weighted by Gasteiger charge is 2.13. The van der Waals surface area contributed by atoms with Crippen LogP contribution in [0.15, 0.2) is 41.5 Å². The molecule has 8 nitrogen and oxygen atoms in total. The monoisotopic (exact) mass is 397 g/mol. The zero-order valence-electron chi connectivity index (χ0n) is 16.7. The molecule has 1 heterocycles. The molecule has 1 aromatic heterocycles. The Bertz CT molecular complexity index is 1020. The fourth-order valence-electron chi connectivity index (χ4n) is 2.89. The number of fused-ring (bicyclic) bond motifs is 1. The van der Waals surface area contributed by atoms with Crippen molar-refractivity contribution in [1.82, 2.24) is 10.4 Å². The van der Waals surface area contributed by atoms with Gasteiger partial charge in [-0.2, -0.15) is 5.10 Å². The second kappa shape index (κ2) is 9.01. The number of carbonyl (C=O) groups excluding carboxylic acids is 1. The van der Waals surface area contributed by atoms with E-state index in [0.29, 0.717) is 35.1 Å². The van der Waals surface area contributed by atoms with Gasteiger partial charge in [0.2, 0.25) is 5.75 Å². The van der Waals surface area contributed by atoms with E-state index in [1.54, 1.807) is 18.2 Å². The van der Waals surface area contributed by atoms with Crippen LogP contribution in [0, 0.1) is 0 Å². The van der Waals surface area contributed by atoms with Crippen molar-refractivity contribution in [1.29, 1.82) is 0 Å². The van der Waals surface area contributed by atoms with Crippen molar-refractivity contribution >= 4 is 23.0 Å². The molecule has 8 heteroatoms. The summed E-state index contributed by atoms with van der Waals surface area (Å²) in [6.07, 6.45) is 1.50. The third-order valence-electron chi connectivity index (χ3n) is 4.21. The highest BCUT2D eigenvalue weighted by atomic mass is 16.5. The SMILES string of the molecule is CCOc1ccc2[nH]c(C(=O)NN=Cc3cc(OC)c(OC)c(OC)c3)cc2c1. The largest absolute Gasteiger partial charge is 0.494 e. The number of aromatic nitrogens is 1. The molecule has 29 heavy (non-hydrogen) atoms. The van der Waals surface area contributed by atoms with Crippen molar-refractivity contribution in [2.24, 2.45) is 5.10 Å². The number of amides is 1. The zero-order valence-corrected chi connectivity index (χ0v) is 16.7. The molecule has 0 aliphatic carbocycles. The number of ether oxygens (including phenoxy) is 4. The van der Waals surface area contributed by atoms with Crippen LogP contribution in [0.3, 0.4) is 0 Å². The van der Waals surface area contributed by atoms with Gasteiger partial charge in [-0.3, -0.25) is 4.79 Å². The molecule has 3 rings (SSSR count). The van der Waals surface area contributed by atoms with Gasteiger partial charge in [-0.25, -0.2) is 5.43 Å². The highest BCUT2D eigenvalue weighted by molar-refractivity contribution is 5.98. The van der Waals surface area contributed by atoms with E-state index in [9.17, 15) is 4.79 Å². The van der Waals surface area contributed by atoms with Gasteiger partial charge < -0.3 is 23.9 Å². The Labute approximate surface area is 168 Å². The minimum absolute atomic E-state index is 0.358. The van der Waals surface area contributed by atoms with E-state index in [-0.39, 0.29) is 5.91 Å². The predicted molar refractivity (Wildman–Crippen MR) is 111 cm³/mol. The van der Waals surface area contributed by atoms with Gasteiger partial charge in [-0.1, -0.05) is 0 Å². The van der Waals surface area contributed by atoms with E-state index in [1.807, 2.05) is 25.1 Å². The number of methoxy groups -OCH3 is 3. The summed E-state index contributed by atoms with van der Waals surface area (Å²) in [5.41, 5.74) is 4.42. The maximum Gasteiger partial charge on any atom is 0.287 e. The van der Waals surface area contributed by atoms with Gasteiger partial charge in [0.25, 0.3) is 5.91 Å². The van der Waals surface area contributed by atoms with Gasteiger partial charge in [0, 0.05) is 16.5 Å². The first-order valence-electron chi connectivity index (χ1n) is 8.98. The number of carbonyl (C=O) groups is 1. The molecule has 1 amide bonds. The van der Waals surface area contributed by atoms with Crippen LogP contribution in [0.2, 0.25) is 0 Å². The number of hydrazone groups is 1. The molecule has 0 saturated carbocycles. The van der Waals surface area contributed by atoms with Crippen molar-refractivity contribution < 1.29 is 23.7 Å². The summed E-state index contributed by atoms with van der Waals surface area (Å²) in [6, 6.07) is 10.8. The van der Waals surface area contributed by atoms with Crippen LogP contribution < -0.4 is 24.4 Å². The number of hydrogen-bond donors (Lipinski definition) is 2. The number of hydrogen-bond acceptors (Lipinski definition) is 6. The Balaban J connectivity index is 1.75. The number of aromatic amines is 1. The second-order valence-electron chi connectivity index (χ2n) is 6.02. The molecular formula is C21H23N3O5. The summed E-state index contributed by atoms with van der Waals surface area (Å²) in [6.45, 7) is 2.51. The minimum Gasteiger partial charge on any atom is -0.494 e. The average molecular weight is 397 g/mol. The van der Waals surface area contributed by atoms with Crippen molar-refractivity contribution in [3.8, 4) is 23.0 Å². The molecule has 0 saturated heterocycles. The first-order chi connectivity index (χ1) is 14.1. The van der Waals surface area contributed by atoms with Crippen molar-refractivity contribution in [3.63, 3.8) is 0 Å². The number of nitrogens with one attached hydrogen (secondary N) is 2. The Morgan fingerprint density at radius 2 is 1.79 bits per heavy atom. The van der Waals surface area contributed by atoms with Crippen molar-refractivity contribution in [2.45, 2.75) is 6.92 Å². The highest BCUT2D eigenvalue weighted by Crippen LogP contribution is 2.37. The number of H-pyrrole nitrogens is 1. The van der Waals surface area contributed by atoms with E-state index < -0.39 is 0 Å². The van der Waals surface area contributed by atoms with Crippen molar-refractivity contribution in [3.05, 3.63) is 47.7 Å². The maximum atomic E-state index is 12.4. The van der Waals surface area contributed by atoms with Gasteiger partial charge in [0.05, 0.1) is 34.2 Å². The summed E-state index contributed by atoms with van der Waals surface area (Å²) in [5.74, 6) is 1.88. The van der Waals surface area contributed by atoms with Gasteiger partial charge in [-0.15, -0.1) is 0 Å². The Morgan fingerprint density at radius 1 is 1.07 bits per heavy atom. The maximum absolute atomic E-state index is 12.4. The van der Waals surface area contributed by atoms with Gasteiger partial charge >= 0.3 is 0 Å². The molecule has 0 aliphatic heterocycles. The molecule has 3 aromatic rings. The molecular weight excluding hydrogens is 374 g/mol. The molecule has 0 bridgehead atoms. The quantitative estimate of drug-likeness (QED) is 0.449. The molecule has 0 spiro atoms. The van der Waals surface area contributed by atoms with Crippen LogP contribution in [-0.4, -0.2) is 45.0 Å². The van der Waals surface area contributed by atoms with Crippen LogP contribution in [0.5, 0.6) is 23.0 Å². The smallest absolute Gasteiger partial charge is 0.287 e. The third kappa shape index (κ3) is 4.43. The van der Waals surface area contributed by atoms with E-state index in [2.05, 4.69) is 15.5 Å². The Hall–Kier alpha value is -3.68. The molecule has 0 atom stereocenters. The second-order valence-corrected chi connectivity index (χ2v) is 6.02. The summed E-state index contributed by atoms with van der Waals surface area (Å²) >= 11 is 0. The molecule has 2 N–H and O–H groups in total. The van der Waals surface area contributed by atoms with Crippen LogP contribution in [-0.2, 0) is 0 Å². The summed E-state index contributed by atoms with van der Waals surface area (Å²) in [7, 11) is 4.60. The molecule has 0 unspecified atom stereocenters. The van der Waals surface area contributed by atoms with Gasteiger partial charge in [-0.05, 0) is 43.3 Å². The molecule has 0 fully saturated rings. The lowest BCUT2D eigenvalue weighted by Gasteiger charge is -2.12. The summed E-state index contributed by atoms with van der Waals surface area (Å²) in [4.78, 5) is 15.5. The number of nitrogens with zero attached hydrogens (tertiary/aromatic N) is 1. The lowest BCUT2D eigenvalue weighted by molar-refractivity contribution is 0.0951. The standard InChI is InChI=1S/C21H23N3O5/c1-5-29-15-6-7-16-14(10-15)11-17(23-16)21(25)24-22-12-13-8-18(26-2)20(28-4)19(9-13)27-3/h6-12,23H,5H2,1-4H3,(H,24,25). The average Bonchev–Trinajstić information content (AvgIpc) is 3.16. The lowest BCUT2D eigenvalue weighted by atomic mass is 10.2. The topological polar surface area (TPSA) is 94.2 Å². The zero-order chi connectivity index (χ0) is 20.8. The normalized spacial score (nSPS) is 10.9. The first kappa shape index (κ1) is 20.1. The predicted octanol–water partition coefficient (Wildman–Crippen LogP) is 3.36. The Kier molecular flexibility index (Phi) is 6.23. The minimum atomic E-state index is -0.358. The molecule has 0 aliphatic rings. The lowest BCUT2D eigenvalue weighted by Crippen LogP contribution is -2.17. The first-order valence-corrected chi connectivity index (χ1v) is 8.98. The van der Waals surface area contributed by atoms with Crippen molar-refractivity contribution in [2.75, 3.05) is 27.9 Å². The van der Waals surface area contributed by atoms with Gasteiger partial charge in [0.15, 0.2) is 11.5 Å². The summed E-state index contributed by atoms with van der Waals surface area (Å²) in [5, 5.41) is 4.90. The molecule has 0 radical (unpaired) electrons. The van der Waals surface area contributed by atoms with Crippen LogP contribution >= 0.6 is 0 Å². The van der Waals surface area contributed by atoms with E-state index in [1.165, 1.54) is 27.5 Å². The molecule has 2 aromatic carbocycles. The number of rotatable bonds is 8. The van der Waals surface area contributed by atoms with Crippen LogP contribution in [0.25, 0.3) is 10.9 Å². The number of benzene rings is 2. The fraction of sp³-hybridized carbons (Fsp3) is 0.238. The summed E-state index contributed by atoms with van der Waals surface area (Å²) < 4.78 is 21.4. The van der Waals surface area contributed by atoms with Gasteiger partial charge in [0.1, 0.15) is 11.4 Å². The third-order valence-corrected chi connectivity index (χ3v) is 4.21. The van der Waals surface area contributed by atoms with E-state index in [0.717, 1.165) is 16.7 Å². The molecule has 152 valence electrons. The fourth-order valence-corrected chi connectivity index (χ4v) is 2.89. The van der Waals surface area contributed by atoms with E-state index >= 15 is 0 Å². The van der Waals surface area contributed by atoms with E-state index in [4.69, 9.17) is 18.9 Å².